The van der Waals surface area contributed by atoms with Gasteiger partial charge in [-0.15, -0.1) is 0 Å². The first kappa shape index (κ1) is 12.1. The summed E-state index contributed by atoms with van der Waals surface area (Å²) in [5, 5.41) is 9.21. The standard InChI is InChI=1S/C14H11N5O/c1-19-12(10-6-4-3-5-9(10)7-15)18-11-13(19)16-8-17-14(11)20-2/h3-6,8H,1-2H3. The van der Waals surface area contributed by atoms with Gasteiger partial charge in [0.15, 0.2) is 11.2 Å². The Labute approximate surface area is 115 Å². The normalized spacial score (nSPS) is 10.4. The number of fused-ring (bicyclic) bond motifs is 1. The van der Waals surface area contributed by atoms with E-state index >= 15 is 0 Å². The highest BCUT2D eigenvalue weighted by Crippen LogP contribution is 2.28. The highest BCUT2D eigenvalue weighted by Gasteiger charge is 2.17. The van der Waals surface area contributed by atoms with Gasteiger partial charge in [0.1, 0.15) is 12.2 Å². The summed E-state index contributed by atoms with van der Waals surface area (Å²) in [7, 11) is 3.39. The quantitative estimate of drug-likeness (QED) is 0.707. The fourth-order valence-corrected chi connectivity index (χ4v) is 2.14. The smallest absolute Gasteiger partial charge is 0.245 e. The average Bonchev–Trinajstić information content (AvgIpc) is 2.84. The number of benzene rings is 1. The SMILES string of the molecule is COc1ncnc2c1nc(-c1ccccc1C#N)n2C. The molecule has 0 aliphatic carbocycles. The van der Waals surface area contributed by atoms with Gasteiger partial charge in [0.05, 0.1) is 18.7 Å². The Morgan fingerprint density at radius 1 is 1.25 bits per heavy atom. The lowest BCUT2D eigenvalue weighted by Gasteiger charge is -2.03. The van der Waals surface area contributed by atoms with Crippen molar-refractivity contribution in [1.82, 2.24) is 19.5 Å². The minimum Gasteiger partial charge on any atom is -0.479 e. The molecule has 0 saturated carbocycles. The molecule has 0 fully saturated rings. The fourth-order valence-electron chi connectivity index (χ4n) is 2.14. The van der Waals surface area contributed by atoms with Gasteiger partial charge in [0.2, 0.25) is 5.88 Å². The molecule has 6 nitrogen and oxygen atoms in total. The van der Waals surface area contributed by atoms with Gasteiger partial charge in [0.25, 0.3) is 0 Å². The van der Waals surface area contributed by atoms with Gasteiger partial charge in [-0.3, -0.25) is 0 Å². The highest BCUT2D eigenvalue weighted by molar-refractivity contribution is 5.82. The predicted molar refractivity (Wildman–Crippen MR) is 73.0 cm³/mol. The molecule has 2 aromatic heterocycles. The summed E-state index contributed by atoms with van der Waals surface area (Å²) in [5.41, 5.74) is 2.58. The van der Waals surface area contributed by atoms with Crippen molar-refractivity contribution in [1.29, 1.82) is 5.26 Å². The molecule has 3 aromatic rings. The number of rotatable bonds is 2. The molecule has 0 radical (unpaired) electrons. The van der Waals surface area contributed by atoms with Crippen LogP contribution in [0.4, 0.5) is 0 Å². The topological polar surface area (TPSA) is 76.6 Å². The number of imidazole rings is 1. The molecule has 0 amide bonds. The van der Waals surface area contributed by atoms with E-state index in [0.717, 1.165) is 5.56 Å². The Hall–Kier alpha value is -2.94. The Morgan fingerprint density at radius 2 is 2.05 bits per heavy atom. The van der Waals surface area contributed by atoms with E-state index in [-0.39, 0.29) is 0 Å². The lowest BCUT2D eigenvalue weighted by molar-refractivity contribution is 0.401. The van der Waals surface area contributed by atoms with E-state index in [1.807, 2.05) is 29.8 Å². The van der Waals surface area contributed by atoms with Gasteiger partial charge < -0.3 is 9.30 Å². The number of hydrogen-bond acceptors (Lipinski definition) is 5. The number of nitrogens with zero attached hydrogens (tertiary/aromatic N) is 5. The molecule has 0 aliphatic heterocycles. The first-order valence-electron chi connectivity index (χ1n) is 5.97. The van der Waals surface area contributed by atoms with E-state index in [4.69, 9.17) is 4.74 Å². The first-order valence-corrected chi connectivity index (χ1v) is 5.97. The maximum absolute atomic E-state index is 9.21. The van der Waals surface area contributed by atoms with E-state index in [2.05, 4.69) is 21.0 Å². The van der Waals surface area contributed by atoms with Crippen molar-refractivity contribution in [3.63, 3.8) is 0 Å². The molecule has 6 heteroatoms. The lowest BCUT2D eigenvalue weighted by Crippen LogP contribution is -1.96. The number of aryl methyl sites for hydroxylation is 1. The van der Waals surface area contributed by atoms with Crippen molar-refractivity contribution in [3.8, 4) is 23.3 Å². The van der Waals surface area contributed by atoms with Crippen LogP contribution in [0.2, 0.25) is 0 Å². The average molecular weight is 265 g/mol. The summed E-state index contributed by atoms with van der Waals surface area (Å²) in [4.78, 5) is 12.8. The highest BCUT2D eigenvalue weighted by atomic mass is 16.5. The van der Waals surface area contributed by atoms with Crippen molar-refractivity contribution >= 4 is 11.2 Å². The Kier molecular flexibility index (Phi) is 2.80. The monoisotopic (exact) mass is 265 g/mol. The summed E-state index contributed by atoms with van der Waals surface area (Å²) in [5.74, 6) is 1.09. The summed E-state index contributed by atoms with van der Waals surface area (Å²) >= 11 is 0. The molecule has 0 unspecified atom stereocenters. The van der Waals surface area contributed by atoms with Crippen LogP contribution in [0.15, 0.2) is 30.6 Å². The van der Waals surface area contributed by atoms with Crippen LogP contribution in [0, 0.1) is 11.3 Å². The number of methoxy groups -OCH3 is 1. The van der Waals surface area contributed by atoms with E-state index < -0.39 is 0 Å². The molecule has 0 N–H and O–H groups in total. The van der Waals surface area contributed by atoms with Gasteiger partial charge in [0, 0.05) is 12.6 Å². The zero-order valence-electron chi connectivity index (χ0n) is 11.0. The second kappa shape index (κ2) is 4.63. The van der Waals surface area contributed by atoms with Crippen LogP contribution in [-0.4, -0.2) is 26.6 Å². The fraction of sp³-hybridized carbons (Fsp3) is 0.143. The predicted octanol–water partition coefficient (Wildman–Crippen LogP) is 1.91. The van der Waals surface area contributed by atoms with E-state index in [0.29, 0.717) is 28.4 Å². The third-order valence-corrected chi connectivity index (χ3v) is 3.10. The van der Waals surface area contributed by atoms with Crippen LogP contribution in [0.3, 0.4) is 0 Å². The molecule has 1 aromatic carbocycles. The Morgan fingerprint density at radius 3 is 2.80 bits per heavy atom. The largest absolute Gasteiger partial charge is 0.479 e. The Balaban J connectivity index is 2.33. The molecule has 0 aliphatic rings. The molecule has 0 bridgehead atoms. The maximum Gasteiger partial charge on any atom is 0.245 e. The number of nitriles is 1. The van der Waals surface area contributed by atoms with Gasteiger partial charge in [-0.05, 0) is 12.1 Å². The molecular formula is C14H11N5O. The molecule has 0 spiro atoms. The second-order valence-electron chi connectivity index (χ2n) is 4.21. The third kappa shape index (κ3) is 1.68. The van der Waals surface area contributed by atoms with Gasteiger partial charge >= 0.3 is 0 Å². The van der Waals surface area contributed by atoms with Gasteiger partial charge in [-0.2, -0.15) is 10.2 Å². The Bertz CT molecular complexity index is 831. The third-order valence-electron chi connectivity index (χ3n) is 3.10. The van der Waals surface area contributed by atoms with Crippen molar-refractivity contribution in [2.45, 2.75) is 0 Å². The van der Waals surface area contributed by atoms with Gasteiger partial charge in [-0.1, -0.05) is 12.1 Å². The van der Waals surface area contributed by atoms with Crippen molar-refractivity contribution in [2.75, 3.05) is 7.11 Å². The van der Waals surface area contributed by atoms with Crippen molar-refractivity contribution in [3.05, 3.63) is 36.2 Å². The van der Waals surface area contributed by atoms with Crippen LogP contribution in [0.25, 0.3) is 22.6 Å². The summed E-state index contributed by atoms with van der Waals surface area (Å²) in [6.45, 7) is 0. The van der Waals surface area contributed by atoms with Crippen LogP contribution >= 0.6 is 0 Å². The molecular weight excluding hydrogens is 254 g/mol. The van der Waals surface area contributed by atoms with Crippen LogP contribution in [-0.2, 0) is 7.05 Å². The number of ether oxygens (including phenoxy) is 1. The van der Waals surface area contributed by atoms with E-state index in [1.54, 1.807) is 13.2 Å². The van der Waals surface area contributed by atoms with Crippen LogP contribution < -0.4 is 4.74 Å². The minimum absolute atomic E-state index is 0.422. The molecule has 20 heavy (non-hydrogen) atoms. The van der Waals surface area contributed by atoms with E-state index in [1.165, 1.54) is 6.33 Å². The number of hydrogen-bond donors (Lipinski definition) is 0. The van der Waals surface area contributed by atoms with Crippen molar-refractivity contribution in [2.24, 2.45) is 7.05 Å². The molecule has 0 saturated heterocycles. The minimum atomic E-state index is 0.422. The van der Waals surface area contributed by atoms with Crippen LogP contribution in [0.5, 0.6) is 5.88 Å². The second-order valence-corrected chi connectivity index (χ2v) is 4.21. The summed E-state index contributed by atoms with van der Waals surface area (Å²) in [6.07, 6.45) is 1.43. The van der Waals surface area contributed by atoms with Gasteiger partial charge in [-0.25, -0.2) is 9.97 Å². The van der Waals surface area contributed by atoms with Crippen LogP contribution in [0.1, 0.15) is 5.56 Å². The molecule has 3 rings (SSSR count). The zero-order chi connectivity index (χ0) is 14.1. The number of aromatic nitrogens is 4. The zero-order valence-corrected chi connectivity index (χ0v) is 11.0. The summed E-state index contributed by atoms with van der Waals surface area (Å²) < 4.78 is 7.03. The van der Waals surface area contributed by atoms with E-state index in [9.17, 15) is 5.26 Å². The molecule has 2 heterocycles. The lowest BCUT2D eigenvalue weighted by atomic mass is 10.1. The first-order chi connectivity index (χ1) is 9.76. The maximum atomic E-state index is 9.21. The van der Waals surface area contributed by atoms with Crippen molar-refractivity contribution < 1.29 is 4.74 Å². The molecule has 0 atom stereocenters. The summed E-state index contributed by atoms with van der Waals surface area (Å²) in [6, 6.07) is 9.49. The molecule has 98 valence electrons.